The fourth-order valence-corrected chi connectivity index (χ4v) is 8.26. The van der Waals surface area contributed by atoms with E-state index in [1.807, 2.05) is 31.2 Å². The van der Waals surface area contributed by atoms with E-state index in [1.165, 1.54) is 16.1 Å². The topological polar surface area (TPSA) is 138 Å². The summed E-state index contributed by atoms with van der Waals surface area (Å²) in [5, 5.41) is 9.56. The maximum atomic E-state index is 14.8. The third kappa shape index (κ3) is 6.46. The molecule has 1 aromatic carbocycles. The van der Waals surface area contributed by atoms with Crippen molar-refractivity contribution in [1.82, 2.24) is 24.1 Å². The molecular weight excluding hydrogens is 650 g/mol. The summed E-state index contributed by atoms with van der Waals surface area (Å²) in [6, 6.07) is 7.64. The lowest BCUT2D eigenvalue weighted by Crippen LogP contribution is -2.50. The van der Waals surface area contributed by atoms with E-state index < -0.39 is 34.5 Å². The van der Waals surface area contributed by atoms with E-state index in [1.54, 1.807) is 44.8 Å². The SMILES string of the molecule is COCCOc1ccccc1[C@H](Cn1c(=O)n(C2(C(=O)OC(C)(C)C)CC2)c(=O)c2c(C)c(-n3nccn3)sc21)O[C@@H]1C[C@H]2CC[C@@H](C1)O2. The van der Waals surface area contributed by atoms with E-state index in [4.69, 9.17) is 23.7 Å². The van der Waals surface area contributed by atoms with Gasteiger partial charge in [0.1, 0.15) is 33.9 Å². The van der Waals surface area contributed by atoms with Crippen LogP contribution < -0.4 is 16.0 Å². The average Bonchev–Trinajstić information content (AvgIpc) is 3.33. The number of ether oxygens (including phenoxy) is 5. The van der Waals surface area contributed by atoms with E-state index in [-0.39, 0.29) is 24.9 Å². The monoisotopic (exact) mass is 693 g/mol. The summed E-state index contributed by atoms with van der Waals surface area (Å²) in [5.74, 6) is 0.0303. The summed E-state index contributed by atoms with van der Waals surface area (Å²) in [5.41, 5.74) is -1.94. The number of carbonyl (C=O) groups is 1. The van der Waals surface area contributed by atoms with Gasteiger partial charge in [0.2, 0.25) is 0 Å². The molecule has 7 rings (SSSR count). The number of aromatic nitrogens is 5. The number of para-hydroxylation sites is 1. The van der Waals surface area contributed by atoms with Crippen molar-refractivity contribution in [3.63, 3.8) is 0 Å². The van der Waals surface area contributed by atoms with Crippen molar-refractivity contribution in [3.8, 4) is 10.8 Å². The van der Waals surface area contributed by atoms with Gasteiger partial charge in [-0.1, -0.05) is 29.5 Å². The van der Waals surface area contributed by atoms with Gasteiger partial charge in [-0.15, -0.1) is 4.80 Å². The van der Waals surface area contributed by atoms with Gasteiger partial charge in [-0.2, -0.15) is 10.2 Å². The van der Waals surface area contributed by atoms with Crippen LogP contribution in [0.5, 0.6) is 5.75 Å². The van der Waals surface area contributed by atoms with Crippen LogP contribution in [0.3, 0.4) is 0 Å². The first-order chi connectivity index (χ1) is 23.5. The predicted octanol–water partition coefficient (Wildman–Crippen LogP) is 4.44. The second-order valence-electron chi connectivity index (χ2n) is 14.2. The second-order valence-corrected chi connectivity index (χ2v) is 15.1. The van der Waals surface area contributed by atoms with Crippen molar-refractivity contribution in [1.29, 1.82) is 0 Å². The Bertz CT molecular complexity index is 1940. The van der Waals surface area contributed by atoms with Gasteiger partial charge in [-0.05, 0) is 72.3 Å². The first kappa shape index (κ1) is 33.6. The van der Waals surface area contributed by atoms with Gasteiger partial charge >= 0.3 is 11.7 Å². The average molecular weight is 694 g/mol. The summed E-state index contributed by atoms with van der Waals surface area (Å²) in [6.07, 6.45) is 6.79. The van der Waals surface area contributed by atoms with Crippen LogP contribution in [0.2, 0.25) is 0 Å². The molecule has 0 amide bonds. The van der Waals surface area contributed by atoms with Crippen LogP contribution in [-0.2, 0) is 35.8 Å². The molecule has 0 N–H and O–H groups in total. The van der Waals surface area contributed by atoms with Crippen LogP contribution in [0.1, 0.15) is 76.5 Å². The molecule has 14 heteroatoms. The van der Waals surface area contributed by atoms with E-state index in [9.17, 15) is 14.4 Å². The summed E-state index contributed by atoms with van der Waals surface area (Å²) in [4.78, 5) is 44.8. The number of hydrogen-bond acceptors (Lipinski definition) is 11. The summed E-state index contributed by atoms with van der Waals surface area (Å²) < 4.78 is 32.9. The molecule has 0 radical (unpaired) electrons. The minimum Gasteiger partial charge on any atom is -0.491 e. The molecule has 2 aliphatic heterocycles. The highest BCUT2D eigenvalue weighted by atomic mass is 32.1. The van der Waals surface area contributed by atoms with Crippen molar-refractivity contribution in [3.05, 3.63) is 68.6 Å². The number of thiophene rings is 1. The number of benzene rings is 1. The van der Waals surface area contributed by atoms with E-state index in [2.05, 4.69) is 10.2 Å². The lowest BCUT2D eigenvalue weighted by Gasteiger charge is -2.33. The number of rotatable bonds is 12. The quantitative estimate of drug-likeness (QED) is 0.155. The fourth-order valence-electron chi connectivity index (χ4n) is 7.04. The van der Waals surface area contributed by atoms with E-state index in [0.717, 1.165) is 35.8 Å². The zero-order chi connectivity index (χ0) is 34.5. The van der Waals surface area contributed by atoms with Gasteiger partial charge in [0.15, 0.2) is 5.54 Å². The third-order valence-corrected chi connectivity index (χ3v) is 10.8. The van der Waals surface area contributed by atoms with Crippen molar-refractivity contribution >= 4 is 27.5 Å². The molecule has 13 nitrogen and oxygen atoms in total. The third-order valence-electron chi connectivity index (χ3n) is 9.48. The molecule has 0 unspecified atom stereocenters. The molecule has 1 saturated carbocycles. The molecule has 4 atom stereocenters. The lowest BCUT2D eigenvalue weighted by molar-refractivity contribution is -0.161. The first-order valence-electron chi connectivity index (χ1n) is 16.9. The summed E-state index contributed by atoms with van der Waals surface area (Å²) in [6.45, 7) is 7.93. The minimum atomic E-state index is -1.40. The zero-order valence-electron chi connectivity index (χ0n) is 28.5. The highest BCUT2D eigenvalue weighted by Crippen LogP contribution is 2.45. The maximum Gasteiger partial charge on any atom is 0.333 e. The minimum absolute atomic E-state index is 0.0588. The number of methoxy groups -OCH3 is 1. The van der Waals surface area contributed by atoms with Gasteiger partial charge < -0.3 is 23.7 Å². The number of nitrogens with zero attached hydrogens (tertiary/aromatic N) is 5. The van der Waals surface area contributed by atoms with Gasteiger partial charge in [0.05, 0.1) is 49.2 Å². The van der Waals surface area contributed by atoms with Crippen molar-refractivity contribution < 1.29 is 28.5 Å². The molecule has 4 aromatic rings. The smallest absolute Gasteiger partial charge is 0.333 e. The van der Waals surface area contributed by atoms with Crippen LogP contribution in [0.25, 0.3) is 15.2 Å². The molecule has 3 aromatic heterocycles. The van der Waals surface area contributed by atoms with Crippen LogP contribution in [0.15, 0.2) is 46.2 Å². The molecule has 1 aliphatic carbocycles. The summed E-state index contributed by atoms with van der Waals surface area (Å²) >= 11 is 1.26. The zero-order valence-corrected chi connectivity index (χ0v) is 29.4. The van der Waals surface area contributed by atoms with Gasteiger partial charge in [-0.25, -0.2) is 14.2 Å². The Hall–Kier alpha value is -3.85. The highest BCUT2D eigenvalue weighted by molar-refractivity contribution is 7.21. The van der Waals surface area contributed by atoms with Gasteiger partial charge in [0, 0.05) is 18.2 Å². The van der Waals surface area contributed by atoms with Gasteiger partial charge in [-0.3, -0.25) is 9.36 Å². The molecule has 0 spiro atoms. The van der Waals surface area contributed by atoms with Crippen molar-refractivity contribution in [2.24, 2.45) is 0 Å². The molecule has 5 heterocycles. The largest absolute Gasteiger partial charge is 0.491 e. The van der Waals surface area contributed by atoms with Crippen LogP contribution in [-0.4, -0.2) is 74.3 Å². The Balaban J connectivity index is 1.39. The second kappa shape index (κ2) is 13.1. The Kier molecular flexibility index (Phi) is 9.01. The van der Waals surface area contributed by atoms with Crippen LogP contribution in [0.4, 0.5) is 0 Å². The number of aryl methyl sites for hydroxylation is 1. The molecular formula is C35H43N5O8S. The maximum absolute atomic E-state index is 14.8. The number of hydrogen-bond donors (Lipinski definition) is 0. The molecule has 2 saturated heterocycles. The van der Waals surface area contributed by atoms with Crippen LogP contribution >= 0.6 is 11.3 Å². The normalized spacial score (nSPS) is 21.9. The number of carbonyl (C=O) groups excluding carboxylic acids is 1. The standard InChI is InChI=1S/C35H43N5O8S/c1-21-28-29(41)39(35(12-13-35)32(42)48-34(2,3)4)33(43)38(31(28)49-30(21)40-36-14-15-37-40)20-27(47-24-18-22-10-11-23(19-24)46-22)25-8-6-7-9-26(25)45-17-16-44-5/h6-9,14-15,22-24,27H,10-13,16-20H2,1-5H3/t22-,23+,24-,27-/m0/s1. The lowest BCUT2D eigenvalue weighted by atomic mass is 10.0. The molecule has 2 bridgehead atoms. The Morgan fingerprint density at radius 2 is 1.78 bits per heavy atom. The summed E-state index contributed by atoms with van der Waals surface area (Å²) in [7, 11) is 1.62. The molecule has 262 valence electrons. The Labute approximate surface area is 287 Å². The van der Waals surface area contributed by atoms with Crippen molar-refractivity contribution in [2.45, 2.75) is 108 Å². The molecule has 3 fully saturated rings. The van der Waals surface area contributed by atoms with E-state index in [0.29, 0.717) is 52.6 Å². The van der Waals surface area contributed by atoms with Gasteiger partial charge in [0.25, 0.3) is 5.56 Å². The Morgan fingerprint density at radius 3 is 2.43 bits per heavy atom. The molecule has 3 aliphatic rings. The van der Waals surface area contributed by atoms with Crippen LogP contribution in [0, 0.1) is 6.92 Å². The van der Waals surface area contributed by atoms with E-state index >= 15 is 0 Å². The predicted molar refractivity (Wildman–Crippen MR) is 182 cm³/mol. The number of fused-ring (bicyclic) bond motifs is 3. The first-order valence-corrected chi connectivity index (χ1v) is 17.7. The Morgan fingerprint density at radius 1 is 1.08 bits per heavy atom. The fraction of sp³-hybridized carbons (Fsp3) is 0.571. The van der Waals surface area contributed by atoms with Crippen molar-refractivity contribution in [2.75, 3.05) is 20.3 Å². The molecule has 49 heavy (non-hydrogen) atoms. The highest BCUT2D eigenvalue weighted by Gasteiger charge is 2.56. The number of esters is 1.